The Kier molecular flexibility index (Phi) is 6.67. The fourth-order valence-electron chi connectivity index (χ4n) is 2.98. The van der Waals surface area contributed by atoms with E-state index in [9.17, 15) is 14.4 Å². The van der Waals surface area contributed by atoms with Crippen LogP contribution in [0.2, 0.25) is 0 Å². The lowest BCUT2D eigenvalue weighted by atomic mass is 10.1. The summed E-state index contributed by atoms with van der Waals surface area (Å²) in [6.07, 6.45) is 3.81. The maximum atomic E-state index is 12.0. The number of hydrogen-bond acceptors (Lipinski definition) is 5. The number of carbonyl (C=O) groups excluding carboxylic acids is 3. The number of hydrogen-bond donors (Lipinski definition) is 3. The van der Waals surface area contributed by atoms with Crippen LogP contribution in [0.5, 0.6) is 5.75 Å². The highest BCUT2D eigenvalue weighted by atomic mass is 16.5. The average Bonchev–Trinajstić information content (AvgIpc) is 3.41. The average molecular weight is 385 g/mol. The Morgan fingerprint density at radius 1 is 1.00 bits per heavy atom. The van der Waals surface area contributed by atoms with Crippen molar-refractivity contribution in [2.45, 2.75) is 32.3 Å². The molecule has 1 aliphatic carbocycles. The molecule has 0 unspecified atom stereocenters. The van der Waals surface area contributed by atoms with Crippen molar-refractivity contribution in [3.63, 3.8) is 0 Å². The van der Waals surface area contributed by atoms with Gasteiger partial charge in [0.05, 0.1) is 6.54 Å². The van der Waals surface area contributed by atoms with E-state index in [2.05, 4.69) is 16.2 Å². The van der Waals surface area contributed by atoms with Crippen molar-refractivity contribution in [3.05, 3.63) is 54.0 Å². The first-order valence-electron chi connectivity index (χ1n) is 9.25. The number of hydrazine groups is 1. The Morgan fingerprint density at radius 3 is 2.50 bits per heavy atom. The third kappa shape index (κ3) is 5.60. The summed E-state index contributed by atoms with van der Waals surface area (Å²) in [7, 11) is 0. The molecule has 2 aromatic rings. The predicted molar refractivity (Wildman–Crippen MR) is 100 cm³/mol. The van der Waals surface area contributed by atoms with E-state index in [-0.39, 0.29) is 30.7 Å². The molecule has 0 bridgehead atoms. The molecule has 1 saturated carbocycles. The van der Waals surface area contributed by atoms with E-state index in [4.69, 9.17) is 9.15 Å². The molecule has 28 heavy (non-hydrogen) atoms. The van der Waals surface area contributed by atoms with E-state index in [0.29, 0.717) is 11.5 Å². The first-order valence-corrected chi connectivity index (χ1v) is 9.25. The topological polar surface area (TPSA) is 110 Å². The number of para-hydroxylation sites is 1. The summed E-state index contributed by atoms with van der Waals surface area (Å²) >= 11 is 0. The molecule has 0 aliphatic heterocycles. The molecule has 8 nitrogen and oxygen atoms in total. The molecule has 3 N–H and O–H groups in total. The Morgan fingerprint density at radius 2 is 1.75 bits per heavy atom. The molecule has 3 rings (SSSR count). The monoisotopic (exact) mass is 385 g/mol. The van der Waals surface area contributed by atoms with Gasteiger partial charge < -0.3 is 14.5 Å². The predicted octanol–water partition coefficient (Wildman–Crippen LogP) is 1.93. The molecular formula is C20H23N3O5. The Bertz CT molecular complexity index is 812. The number of benzene rings is 1. The maximum absolute atomic E-state index is 12.0. The minimum atomic E-state index is -0.596. The second-order valence-corrected chi connectivity index (χ2v) is 6.57. The standard InChI is InChI=1S/C20H23N3O5/c24-18(12-21-19(25)14-6-4-5-7-14)22-23-20(26)17-11-10-16(28-17)13-27-15-8-2-1-3-9-15/h1-3,8-11,14H,4-7,12-13H2,(H,21,25)(H,22,24)(H,23,26). The Labute approximate surface area is 162 Å². The number of furan rings is 1. The molecule has 0 saturated heterocycles. The highest BCUT2D eigenvalue weighted by molar-refractivity contribution is 5.93. The van der Waals surface area contributed by atoms with Crippen molar-refractivity contribution in [2.24, 2.45) is 5.92 Å². The van der Waals surface area contributed by atoms with Crippen molar-refractivity contribution in [1.29, 1.82) is 0 Å². The van der Waals surface area contributed by atoms with Gasteiger partial charge in [-0.25, -0.2) is 0 Å². The van der Waals surface area contributed by atoms with Crippen LogP contribution in [0, 0.1) is 5.92 Å². The normalized spacial score (nSPS) is 13.7. The Hall–Kier alpha value is -3.29. The first kappa shape index (κ1) is 19.5. The zero-order chi connectivity index (χ0) is 19.8. The van der Waals surface area contributed by atoms with Crippen LogP contribution in [0.15, 0.2) is 46.9 Å². The van der Waals surface area contributed by atoms with Crippen LogP contribution in [0.25, 0.3) is 0 Å². The largest absolute Gasteiger partial charge is 0.486 e. The zero-order valence-corrected chi connectivity index (χ0v) is 15.4. The lowest BCUT2D eigenvalue weighted by Crippen LogP contribution is -2.46. The molecule has 1 aliphatic rings. The van der Waals surface area contributed by atoms with Gasteiger partial charge in [0.15, 0.2) is 5.76 Å². The molecule has 1 fully saturated rings. The minimum Gasteiger partial charge on any atom is -0.486 e. The maximum Gasteiger partial charge on any atom is 0.305 e. The lowest BCUT2D eigenvalue weighted by molar-refractivity contribution is -0.128. The van der Waals surface area contributed by atoms with Gasteiger partial charge in [-0.1, -0.05) is 31.0 Å². The molecular weight excluding hydrogens is 362 g/mol. The molecule has 0 radical (unpaired) electrons. The van der Waals surface area contributed by atoms with Crippen molar-refractivity contribution >= 4 is 17.7 Å². The second-order valence-electron chi connectivity index (χ2n) is 6.57. The van der Waals surface area contributed by atoms with Crippen LogP contribution in [0.4, 0.5) is 0 Å². The summed E-state index contributed by atoms with van der Waals surface area (Å²) in [5.41, 5.74) is 4.50. The number of rotatable bonds is 7. The molecule has 0 spiro atoms. The molecule has 1 aromatic heterocycles. The van der Waals surface area contributed by atoms with Crippen molar-refractivity contribution < 1.29 is 23.5 Å². The molecule has 1 heterocycles. The van der Waals surface area contributed by atoms with E-state index in [1.165, 1.54) is 6.07 Å². The van der Waals surface area contributed by atoms with Crippen molar-refractivity contribution in [2.75, 3.05) is 6.54 Å². The van der Waals surface area contributed by atoms with Gasteiger partial charge in [0.25, 0.3) is 5.91 Å². The molecule has 8 heteroatoms. The molecule has 148 valence electrons. The third-order valence-corrected chi connectivity index (χ3v) is 4.47. The van der Waals surface area contributed by atoms with Gasteiger partial charge in [0.1, 0.15) is 18.1 Å². The van der Waals surface area contributed by atoms with E-state index < -0.39 is 11.8 Å². The van der Waals surface area contributed by atoms with Gasteiger partial charge >= 0.3 is 5.91 Å². The van der Waals surface area contributed by atoms with Crippen LogP contribution in [-0.4, -0.2) is 24.3 Å². The summed E-state index contributed by atoms with van der Waals surface area (Å²) < 4.78 is 11.0. The van der Waals surface area contributed by atoms with Crippen LogP contribution < -0.4 is 20.9 Å². The molecule has 1 aromatic carbocycles. The SMILES string of the molecule is O=C(CNC(=O)C1CCCC1)NNC(=O)c1ccc(COc2ccccc2)o1. The number of ether oxygens (including phenoxy) is 1. The third-order valence-electron chi connectivity index (χ3n) is 4.47. The van der Waals surface area contributed by atoms with Crippen LogP contribution in [0.1, 0.15) is 42.0 Å². The number of carbonyl (C=O) groups is 3. The second kappa shape index (κ2) is 9.59. The fraction of sp³-hybridized carbons (Fsp3) is 0.350. The van der Waals surface area contributed by atoms with Gasteiger partial charge in [-0.2, -0.15) is 0 Å². The Balaban J connectivity index is 1.38. The van der Waals surface area contributed by atoms with E-state index in [1.54, 1.807) is 6.07 Å². The van der Waals surface area contributed by atoms with Gasteiger partial charge in [-0.3, -0.25) is 25.2 Å². The summed E-state index contributed by atoms with van der Waals surface area (Å²) in [5.74, 6) is -0.0293. The van der Waals surface area contributed by atoms with E-state index in [1.807, 2.05) is 30.3 Å². The fourth-order valence-corrected chi connectivity index (χ4v) is 2.98. The summed E-state index contributed by atoms with van der Waals surface area (Å²) in [6.45, 7) is -0.0131. The first-order chi connectivity index (χ1) is 13.6. The zero-order valence-electron chi connectivity index (χ0n) is 15.4. The van der Waals surface area contributed by atoms with Crippen LogP contribution >= 0.6 is 0 Å². The van der Waals surface area contributed by atoms with Gasteiger partial charge in [-0.05, 0) is 37.1 Å². The number of nitrogens with one attached hydrogen (secondary N) is 3. The summed E-state index contributed by atoms with van der Waals surface area (Å²) in [5, 5.41) is 2.58. The highest BCUT2D eigenvalue weighted by Crippen LogP contribution is 2.24. The molecule has 3 amide bonds. The van der Waals surface area contributed by atoms with Gasteiger partial charge in [-0.15, -0.1) is 0 Å². The van der Waals surface area contributed by atoms with Crippen LogP contribution in [0.3, 0.4) is 0 Å². The minimum absolute atomic E-state index is 0.0120. The van der Waals surface area contributed by atoms with Gasteiger partial charge in [0, 0.05) is 5.92 Å². The smallest absolute Gasteiger partial charge is 0.305 e. The highest BCUT2D eigenvalue weighted by Gasteiger charge is 2.22. The molecule has 0 atom stereocenters. The van der Waals surface area contributed by atoms with Crippen molar-refractivity contribution in [3.8, 4) is 5.75 Å². The summed E-state index contributed by atoms with van der Waals surface area (Å²) in [4.78, 5) is 35.7. The summed E-state index contributed by atoms with van der Waals surface area (Å²) in [6, 6.07) is 12.4. The quantitative estimate of drug-likeness (QED) is 0.631. The lowest BCUT2D eigenvalue weighted by Gasteiger charge is -2.10. The van der Waals surface area contributed by atoms with E-state index >= 15 is 0 Å². The van der Waals surface area contributed by atoms with Gasteiger partial charge in [0.2, 0.25) is 5.91 Å². The van der Waals surface area contributed by atoms with Crippen molar-refractivity contribution in [1.82, 2.24) is 16.2 Å². The van der Waals surface area contributed by atoms with Crippen LogP contribution in [-0.2, 0) is 16.2 Å². The number of amides is 3. The van der Waals surface area contributed by atoms with E-state index in [0.717, 1.165) is 25.7 Å².